The molecule has 5 nitrogen and oxygen atoms in total. The largest absolute Gasteiger partial charge is 0.497 e. The Morgan fingerprint density at radius 2 is 2.20 bits per heavy atom. The van der Waals surface area contributed by atoms with Gasteiger partial charge >= 0.3 is 0 Å². The van der Waals surface area contributed by atoms with Crippen LogP contribution in [0.5, 0.6) is 11.5 Å². The van der Waals surface area contributed by atoms with Crippen LogP contribution < -0.4 is 9.47 Å². The second-order valence-corrected chi connectivity index (χ2v) is 6.65. The van der Waals surface area contributed by atoms with Crippen LogP contribution in [0.3, 0.4) is 0 Å². The molecule has 1 N–H and O–H groups in total. The summed E-state index contributed by atoms with van der Waals surface area (Å²) >= 11 is 1.63. The Balaban J connectivity index is 1.64. The summed E-state index contributed by atoms with van der Waals surface area (Å²) in [6.07, 6.45) is 7.47. The van der Waals surface area contributed by atoms with Crippen LogP contribution in [0.4, 0.5) is 0 Å². The SMILES string of the molecule is C=C(/C=C\c1nc(COc2cccc(OC)c2)sc1C)c1cn[nH]c1. The van der Waals surface area contributed by atoms with Gasteiger partial charge in [-0.15, -0.1) is 11.3 Å². The van der Waals surface area contributed by atoms with Gasteiger partial charge in [0.25, 0.3) is 0 Å². The van der Waals surface area contributed by atoms with Crippen LogP contribution in [-0.2, 0) is 6.61 Å². The molecule has 0 bridgehead atoms. The summed E-state index contributed by atoms with van der Waals surface area (Å²) < 4.78 is 11.0. The third-order valence-electron chi connectivity index (χ3n) is 3.59. The summed E-state index contributed by atoms with van der Waals surface area (Å²) in [5.41, 5.74) is 2.78. The minimum Gasteiger partial charge on any atom is -0.497 e. The molecular weight excluding hydrogens is 334 g/mol. The normalized spacial score (nSPS) is 11.0. The lowest BCUT2D eigenvalue weighted by molar-refractivity contribution is 0.303. The molecule has 25 heavy (non-hydrogen) atoms. The van der Waals surface area contributed by atoms with Gasteiger partial charge in [-0.05, 0) is 30.7 Å². The van der Waals surface area contributed by atoms with Crippen molar-refractivity contribution in [2.45, 2.75) is 13.5 Å². The van der Waals surface area contributed by atoms with E-state index in [1.807, 2.05) is 49.5 Å². The van der Waals surface area contributed by atoms with Crippen molar-refractivity contribution in [1.82, 2.24) is 15.2 Å². The highest BCUT2D eigenvalue weighted by Crippen LogP contribution is 2.24. The number of ether oxygens (including phenoxy) is 2. The lowest BCUT2D eigenvalue weighted by Crippen LogP contribution is -1.95. The topological polar surface area (TPSA) is 60.0 Å². The maximum Gasteiger partial charge on any atom is 0.140 e. The third kappa shape index (κ3) is 4.36. The van der Waals surface area contributed by atoms with Gasteiger partial charge in [-0.1, -0.05) is 18.7 Å². The van der Waals surface area contributed by atoms with Crippen LogP contribution in [0, 0.1) is 6.92 Å². The van der Waals surface area contributed by atoms with Crippen LogP contribution in [0.2, 0.25) is 0 Å². The van der Waals surface area contributed by atoms with E-state index in [0.717, 1.165) is 38.2 Å². The number of rotatable bonds is 7. The summed E-state index contributed by atoms with van der Waals surface area (Å²) in [5, 5.41) is 7.63. The van der Waals surface area contributed by atoms with Crippen molar-refractivity contribution in [3.63, 3.8) is 0 Å². The molecule has 3 aromatic rings. The van der Waals surface area contributed by atoms with Gasteiger partial charge in [-0.3, -0.25) is 5.10 Å². The molecule has 0 spiro atoms. The molecule has 0 atom stereocenters. The number of hydrogen-bond acceptors (Lipinski definition) is 5. The van der Waals surface area contributed by atoms with E-state index in [-0.39, 0.29) is 0 Å². The van der Waals surface area contributed by atoms with Gasteiger partial charge in [0.15, 0.2) is 0 Å². The summed E-state index contributed by atoms with van der Waals surface area (Å²) in [6, 6.07) is 7.54. The first kappa shape index (κ1) is 17.0. The van der Waals surface area contributed by atoms with E-state index in [2.05, 4.69) is 21.8 Å². The molecule has 0 saturated heterocycles. The van der Waals surface area contributed by atoms with Crippen molar-refractivity contribution in [3.8, 4) is 11.5 Å². The number of aryl methyl sites for hydroxylation is 1. The molecule has 0 saturated carbocycles. The summed E-state index contributed by atoms with van der Waals surface area (Å²) in [6.45, 7) is 6.51. The molecule has 128 valence electrons. The quantitative estimate of drug-likeness (QED) is 0.636. The zero-order valence-corrected chi connectivity index (χ0v) is 15.0. The van der Waals surface area contributed by atoms with Gasteiger partial charge in [0.1, 0.15) is 23.1 Å². The first-order valence-electron chi connectivity index (χ1n) is 7.75. The highest BCUT2D eigenvalue weighted by Gasteiger charge is 2.07. The number of methoxy groups -OCH3 is 1. The molecule has 0 aliphatic heterocycles. The number of allylic oxidation sites excluding steroid dienone is 2. The number of nitrogens with zero attached hydrogens (tertiary/aromatic N) is 2. The van der Waals surface area contributed by atoms with Crippen LogP contribution in [0.25, 0.3) is 11.6 Å². The molecular formula is C19H19N3O2S. The Kier molecular flexibility index (Phi) is 5.30. The molecule has 0 unspecified atom stereocenters. The Hall–Kier alpha value is -2.86. The maximum absolute atomic E-state index is 5.80. The molecule has 6 heteroatoms. The van der Waals surface area contributed by atoms with Gasteiger partial charge < -0.3 is 9.47 Å². The summed E-state index contributed by atoms with van der Waals surface area (Å²) in [4.78, 5) is 5.77. The van der Waals surface area contributed by atoms with Crippen molar-refractivity contribution in [2.75, 3.05) is 7.11 Å². The van der Waals surface area contributed by atoms with E-state index >= 15 is 0 Å². The average Bonchev–Trinajstić information content (AvgIpc) is 3.28. The number of benzene rings is 1. The maximum atomic E-state index is 5.80. The summed E-state index contributed by atoms with van der Waals surface area (Å²) in [5.74, 6) is 1.53. The second kappa shape index (κ2) is 7.81. The highest BCUT2D eigenvalue weighted by atomic mass is 32.1. The number of thiazole rings is 1. The average molecular weight is 353 g/mol. The first-order chi connectivity index (χ1) is 12.2. The predicted molar refractivity (Wildman–Crippen MR) is 101 cm³/mol. The van der Waals surface area contributed by atoms with Crippen molar-refractivity contribution in [1.29, 1.82) is 0 Å². The van der Waals surface area contributed by atoms with E-state index in [1.54, 1.807) is 24.6 Å². The van der Waals surface area contributed by atoms with Crippen LogP contribution >= 0.6 is 11.3 Å². The lowest BCUT2D eigenvalue weighted by Gasteiger charge is -2.05. The lowest BCUT2D eigenvalue weighted by atomic mass is 10.1. The number of hydrogen-bond donors (Lipinski definition) is 1. The molecule has 0 amide bonds. The second-order valence-electron chi connectivity index (χ2n) is 5.36. The molecule has 0 fully saturated rings. The Bertz CT molecular complexity index is 882. The van der Waals surface area contributed by atoms with E-state index < -0.39 is 0 Å². The van der Waals surface area contributed by atoms with Gasteiger partial charge in [-0.25, -0.2) is 4.98 Å². The molecule has 0 aliphatic rings. The zero-order valence-electron chi connectivity index (χ0n) is 14.2. The summed E-state index contributed by atoms with van der Waals surface area (Å²) in [7, 11) is 1.64. The van der Waals surface area contributed by atoms with Gasteiger partial charge in [0, 0.05) is 22.7 Å². The smallest absolute Gasteiger partial charge is 0.140 e. The van der Waals surface area contributed by atoms with Crippen LogP contribution in [0.1, 0.15) is 21.1 Å². The van der Waals surface area contributed by atoms with Crippen molar-refractivity contribution in [2.24, 2.45) is 0 Å². The van der Waals surface area contributed by atoms with Crippen LogP contribution in [0.15, 0.2) is 49.3 Å². The standard InChI is InChI=1S/C19H19N3O2S/c1-13(15-10-20-21-11-15)7-8-18-14(2)25-19(22-18)12-24-17-6-4-5-16(9-17)23-3/h4-11H,1,12H2,2-3H3,(H,20,21)/b8-7-. The van der Waals surface area contributed by atoms with E-state index in [9.17, 15) is 0 Å². The van der Waals surface area contributed by atoms with Crippen molar-refractivity contribution < 1.29 is 9.47 Å². The van der Waals surface area contributed by atoms with E-state index in [0.29, 0.717) is 6.61 Å². The Morgan fingerprint density at radius 3 is 2.96 bits per heavy atom. The van der Waals surface area contributed by atoms with Gasteiger partial charge in [0.05, 0.1) is 19.0 Å². The van der Waals surface area contributed by atoms with Gasteiger partial charge in [-0.2, -0.15) is 5.10 Å². The Morgan fingerprint density at radius 1 is 1.36 bits per heavy atom. The van der Waals surface area contributed by atoms with Crippen LogP contribution in [-0.4, -0.2) is 22.3 Å². The fraction of sp³-hybridized carbons (Fsp3) is 0.158. The fourth-order valence-corrected chi connectivity index (χ4v) is 3.05. The predicted octanol–water partition coefficient (Wildman–Crippen LogP) is 4.49. The van der Waals surface area contributed by atoms with Crippen molar-refractivity contribution >= 4 is 23.0 Å². The molecule has 0 aliphatic carbocycles. The Labute approximate surface area is 150 Å². The minimum atomic E-state index is 0.426. The van der Waals surface area contributed by atoms with Crippen molar-refractivity contribution in [3.05, 3.63) is 70.5 Å². The molecule has 3 rings (SSSR count). The number of aromatic nitrogens is 3. The van der Waals surface area contributed by atoms with E-state index in [1.165, 1.54) is 0 Å². The molecule has 1 aromatic carbocycles. The number of nitrogens with one attached hydrogen (secondary N) is 1. The first-order valence-corrected chi connectivity index (χ1v) is 8.56. The zero-order chi connectivity index (χ0) is 17.6. The van der Waals surface area contributed by atoms with E-state index in [4.69, 9.17) is 9.47 Å². The molecule has 0 radical (unpaired) electrons. The highest BCUT2D eigenvalue weighted by molar-refractivity contribution is 7.11. The fourth-order valence-electron chi connectivity index (χ4n) is 2.22. The molecule has 2 aromatic heterocycles. The number of H-pyrrole nitrogens is 1. The molecule has 2 heterocycles. The number of aromatic amines is 1. The third-order valence-corrected chi connectivity index (χ3v) is 4.55. The monoisotopic (exact) mass is 353 g/mol. The van der Waals surface area contributed by atoms with Gasteiger partial charge in [0.2, 0.25) is 0 Å². The minimum absolute atomic E-state index is 0.426.